The Balaban J connectivity index is 3.18. The first kappa shape index (κ1) is 6.29. The average Bonchev–Trinajstić information content (AvgIpc) is 2.15. The number of hydrogen-bond acceptors (Lipinski definition) is 3. The molecule has 47 valence electrons. The van der Waals surface area contributed by atoms with Crippen molar-refractivity contribution in [2.75, 3.05) is 0 Å². The molecule has 1 aromatic heterocycles. The third kappa shape index (κ3) is 0.954. The fourth-order valence-electron chi connectivity index (χ4n) is 0.411. The van der Waals surface area contributed by atoms with Gasteiger partial charge in [-0.25, -0.2) is 0 Å². The molecule has 9 heavy (non-hydrogen) atoms. The first-order valence-corrected chi connectivity index (χ1v) is 2.63. The fourth-order valence-corrected chi connectivity index (χ4v) is 0.535. The highest BCUT2D eigenvalue weighted by Gasteiger charge is 2.07. The van der Waals surface area contributed by atoms with Gasteiger partial charge in [0.05, 0.1) is 0 Å². The van der Waals surface area contributed by atoms with E-state index in [1.165, 1.54) is 0 Å². The highest BCUT2D eigenvalue weighted by atomic mass is 35.5. The number of hydrogen-bond donors (Lipinski definition) is 0. The zero-order chi connectivity index (χ0) is 6.85. The first-order chi connectivity index (χ1) is 4.25. The van der Waals surface area contributed by atoms with Crippen molar-refractivity contribution in [3.05, 3.63) is 16.5 Å². The number of halogens is 1. The van der Waals surface area contributed by atoms with E-state index in [4.69, 9.17) is 11.6 Å². The van der Waals surface area contributed by atoms with Crippen molar-refractivity contribution in [3.63, 3.8) is 0 Å². The van der Waals surface area contributed by atoms with Crippen LogP contribution >= 0.6 is 11.6 Å². The zero-order valence-electron chi connectivity index (χ0n) is 4.64. The highest BCUT2D eigenvalue weighted by molar-refractivity contribution is 6.29. The van der Waals surface area contributed by atoms with E-state index >= 15 is 0 Å². The maximum Gasteiger partial charge on any atom is 0.257 e. The Morgan fingerprint density at radius 2 is 2.44 bits per heavy atom. The molecule has 1 aromatic rings. The molecule has 1 radical (unpaired) electrons. The monoisotopic (exact) mass is 144 g/mol. The molecule has 4 heteroatoms. The van der Waals surface area contributed by atoms with Crippen molar-refractivity contribution in [1.29, 1.82) is 0 Å². The SMILES string of the molecule is Cc1c([C]=O)noc1Cl. The Kier molecular flexibility index (Phi) is 1.53. The summed E-state index contributed by atoms with van der Waals surface area (Å²) in [6.07, 6.45) is 1.58. The second-order valence-electron chi connectivity index (χ2n) is 1.53. The molecule has 0 saturated carbocycles. The lowest BCUT2D eigenvalue weighted by molar-refractivity contribution is 0.418. The maximum absolute atomic E-state index is 9.93. The van der Waals surface area contributed by atoms with Gasteiger partial charge in [-0.15, -0.1) is 0 Å². The number of rotatable bonds is 1. The van der Waals surface area contributed by atoms with Gasteiger partial charge in [0, 0.05) is 5.56 Å². The van der Waals surface area contributed by atoms with E-state index in [1.54, 1.807) is 13.2 Å². The number of nitrogens with zero attached hydrogens (tertiary/aromatic N) is 1. The fraction of sp³-hybridized carbons (Fsp3) is 0.200. The summed E-state index contributed by atoms with van der Waals surface area (Å²) in [6, 6.07) is 0. The van der Waals surface area contributed by atoms with Crippen LogP contribution in [0.15, 0.2) is 4.52 Å². The Morgan fingerprint density at radius 3 is 2.67 bits per heavy atom. The first-order valence-electron chi connectivity index (χ1n) is 2.25. The van der Waals surface area contributed by atoms with Crippen LogP contribution in [0.3, 0.4) is 0 Å². The molecule has 0 aliphatic carbocycles. The predicted molar refractivity (Wildman–Crippen MR) is 31.0 cm³/mol. The third-order valence-corrected chi connectivity index (χ3v) is 1.32. The molecule has 0 N–H and O–H groups in total. The lowest BCUT2D eigenvalue weighted by Gasteiger charge is -1.76. The molecule has 0 spiro atoms. The lowest BCUT2D eigenvalue weighted by Crippen LogP contribution is -1.80. The van der Waals surface area contributed by atoms with Gasteiger partial charge in [-0.05, 0) is 18.5 Å². The van der Waals surface area contributed by atoms with Gasteiger partial charge in [-0.3, -0.25) is 4.79 Å². The minimum absolute atomic E-state index is 0.139. The van der Waals surface area contributed by atoms with Crippen molar-refractivity contribution in [2.45, 2.75) is 6.92 Å². The van der Waals surface area contributed by atoms with Crippen LogP contribution in [0.4, 0.5) is 0 Å². The van der Waals surface area contributed by atoms with Gasteiger partial charge in [-0.1, -0.05) is 5.16 Å². The van der Waals surface area contributed by atoms with Gasteiger partial charge in [0.15, 0.2) is 5.69 Å². The van der Waals surface area contributed by atoms with Gasteiger partial charge < -0.3 is 4.52 Å². The van der Waals surface area contributed by atoms with E-state index in [-0.39, 0.29) is 10.9 Å². The van der Waals surface area contributed by atoms with Gasteiger partial charge in [-0.2, -0.15) is 0 Å². The molecule has 3 nitrogen and oxygen atoms in total. The Morgan fingerprint density at radius 1 is 1.78 bits per heavy atom. The van der Waals surface area contributed by atoms with Crippen LogP contribution < -0.4 is 0 Å². The smallest absolute Gasteiger partial charge is 0.257 e. The van der Waals surface area contributed by atoms with Crippen LogP contribution in [0.2, 0.25) is 5.22 Å². The average molecular weight is 145 g/mol. The molecule has 0 fully saturated rings. The van der Waals surface area contributed by atoms with Crippen molar-refractivity contribution in [3.8, 4) is 0 Å². The molecular weight excluding hydrogens is 142 g/mol. The molecule has 0 unspecified atom stereocenters. The quantitative estimate of drug-likeness (QED) is 0.593. The van der Waals surface area contributed by atoms with Gasteiger partial charge >= 0.3 is 0 Å². The zero-order valence-corrected chi connectivity index (χ0v) is 5.40. The summed E-state index contributed by atoms with van der Waals surface area (Å²) in [5, 5.41) is 3.45. The van der Waals surface area contributed by atoms with Crippen LogP contribution in [-0.4, -0.2) is 11.4 Å². The minimum atomic E-state index is 0.139. The molecule has 0 atom stereocenters. The van der Waals surface area contributed by atoms with Gasteiger partial charge in [0.25, 0.3) is 6.29 Å². The van der Waals surface area contributed by atoms with Crippen molar-refractivity contribution < 1.29 is 9.32 Å². The van der Waals surface area contributed by atoms with Crippen LogP contribution in [0.5, 0.6) is 0 Å². The van der Waals surface area contributed by atoms with Crippen LogP contribution in [0, 0.1) is 6.92 Å². The second kappa shape index (κ2) is 2.19. The van der Waals surface area contributed by atoms with Gasteiger partial charge in [0.2, 0.25) is 5.22 Å². The van der Waals surface area contributed by atoms with Crippen molar-refractivity contribution in [1.82, 2.24) is 5.16 Å². The van der Waals surface area contributed by atoms with Gasteiger partial charge in [0.1, 0.15) is 0 Å². The molecule has 0 bridgehead atoms. The van der Waals surface area contributed by atoms with E-state index in [0.717, 1.165) is 0 Å². The number of aromatic nitrogens is 1. The van der Waals surface area contributed by atoms with E-state index in [0.29, 0.717) is 5.56 Å². The molecular formula is C5H3ClNO2. The molecule has 0 aliphatic heterocycles. The summed E-state index contributed by atoms with van der Waals surface area (Å²) < 4.78 is 4.44. The Hall–Kier alpha value is -0.830. The largest absolute Gasteiger partial charge is 0.343 e. The van der Waals surface area contributed by atoms with Crippen LogP contribution in [-0.2, 0) is 4.79 Å². The van der Waals surface area contributed by atoms with Crippen molar-refractivity contribution in [2.24, 2.45) is 0 Å². The van der Waals surface area contributed by atoms with E-state index in [2.05, 4.69) is 9.68 Å². The summed E-state index contributed by atoms with van der Waals surface area (Å²) in [4.78, 5) is 9.93. The summed E-state index contributed by atoms with van der Waals surface area (Å²) in [5.41, 5.74) is 0.673. The van der Waals surface area contributed by atoms with E-state index in [9.17, 15) is 4.79 Å². The molecule has 1 rings (SSSR count). The highest BCUT2D eigenvalue weighted by Crippen LogP contribution is 2.15. The summed E-state index contributed by atoms with van der Waals surface area (Å²) >= 11 is 5.40. The standard InChI is InChI=1S/C5H3ClNO2/c1-3-4(2-8)7-9-5(3)6/h1H3. The summed E-state index contributed by atoms with van der Waals surface area (Å²) in [5.74, 6) is 0. The molecule has 1 heterocycles. The lowest BCUT2D eigenvalue weighted by atomic mass is 10.3. The number of carbonyl (C=O) groups excluding carboxylic acids is 1. The normalized spacial score (nSPS) is 9.56. The summed E-state index contributed by atoms with van der Waals surface area (Å²) in [7, 11) is 0. The molecule has 0 amide bonds. The Labute approximate surface area is 56.6 Å². The summed E-state index contributed by atoms with van der Waals surface area (Å²) in [6.45, 7) is 1.64. The topological polar surface area (TPSA) is 43.1 Å². The van der Waals surface area contributed by atoms with Crippen molar-refractivity contribution >= 4 is 17.9 Å². The maximum atomic E-state index is 9.93. The van der Waals surface area contributed by atoms with Crippen LogP contribution in [0.25, 0.3) is 0 Å². The van der Waals surface area contributed by atoms with Crippen LogP contribution in [0.1, 0.15) is 11.3 Å². The Bertz CT molecular complexity index is 231. The minimum Gasteiger partial charge on any atom is -0.343 e. The third-order valence-electron chi connectivity index (χ3n) is 0.964. The predicted octanol–water partition coefficient (Wildman–Crippen LogP) is 1.09. The molecule has 0 saturated heterocycles. The molecule has 0 aliphatic rings. The van der Waals surface area contributed by atoms with E-state index < -0.39 is 0 Å². The van der Waals surface area contributed by atoms with E-state index in [1.807, 2.05) is 0 Å². The molecule has 0 aromatic carbocycles. The second-order valence-corrected chi connectivity index (χ2v) is 1.88.